The number of nitrogens with two attached hydrogens (primary N) is 1. The van der Waals surface area contributed by atoms with Crippen molar-refractivity contribution in [1.29, 1.82) is 0 Å². The van der Waals surface area contributed by atoms with Gasteiger partial charge in [0.25, 0.3) is 0 Å². The molecule has 4 heteroatoms. The standard InChI is InChI=1S/C16H19N3S/c1-11-4-5-15(12(2)8-11)19(3)10-13-6-7-18-14(9-13)16(17)20/h4-9H,10H2,1-3H3,(H2,17,20). The summed E-state index contributed by atoms with van der Waals surface area (Å²) in [5.74, 6) is 0. The Morgan fingerprint density at radius 1 is 1.25 bits per heavy atom. The predicted molar refractivity (Wildman–Crippen MR) is 88.1 cm³/mol. The summed E-state index contributed by atoms with van der Waals surface area (Å²) in [4.78, 5) is 6.71. The van der Waals surface area contributed by atoms with E-state index < -0.39 is 0 Å². The van der Waals surface area contributed by atoms with Crippen LogP contribution in [0.4, 0.5) is 5.69 Å². The zero-order chi connectivity index (χ0) is 14.7. The van der Waals surface area contributed by atoms with Gasteiger partial charge in [-0.3, -0.25) is 4.98 Å². The normalized spacial score (nSPS) is 10.3. The Labute approximate surface area is 125 Å². The smallest absolute Gasteiger partial charge is 0.122 e. The van der Waals surface area contributed by atoms with Gasteiger partial charge in [0.2, 0.25) is 0 Å². The number of anilines is 1. The van der Waals surface area contributed by atoms with E-state index in [9.17, 15) is 0 Å². The van der Waals surface area contributed by atoms with E-state index in [1.165, 1.54) is 16.8 Å². The molecule has 0 fully saturated rings. The van der Waals surface area contributed by atoms with Gasteiger partial charge in [-0.05, 0) is 43.2 Å². The van der Waals surface area contributed by atoms with Crippen LogP contribution in [0.1, 0.15) is 22.4 Å². The Morgan fingerprint density at radius 2 is 2.00 bits per heavy atom. The maximum atomic E-state index is 5.62. The lowest BCUT2D eigenvalue weighted by Gasteiger charge is -2.22. The molecule has 2 N–H and O–H groups in total. The average molecular weight is 285 g/mol. The molecule has 1 heterocycles. The molecule has 2 rings (SSSR count). The summed E-state index contributed by atoms with van der Waals surface area (Å²) in [6, 6.07) is 10.4. The first-order chi connectivity index (χ1) is 9.47. The Hall–Kier alpha value is -1.94. The second-order valence-electron chi connectivity index (χ2n) is 5.06. The van der Waals surface area contributed by atoms with Crippen molar-refractivity contribution in [3.05, 3.63) is 58.9 Å². The summed E-state index contributed by atoms with van der Waals surface area (Å²) >= 11 is 4.97. The maximum absolute atomic E-state index is 5.62. The van der Waals surface area contributed by atoms with Crippen LogP contribution in [0.25, 0.3) is 0 Å². The highest BCUT2D eigenvalue weighted by Crippen LogP contribution is 2.21. The topological polar surface area (TPSA) is 42.2 Å². The van der Waals surface area contributed by atoms with Crippen molar-refractivity contribution in [2.45, 2.75) is 20.4 Å². The molecule has 3 nitrogen and oxygen atoms in total. The minimum atomic E-state index is 0.334. The van der Waals surface area contributed by atoms with Crippen LogP contribution in [0.5, 0.6) is 0 Å². The number of benzene rings is 1. The van der Waals surface area contributed by atoms with E-state index in [0.717, 1.165) is 12.1 Å². The molecule has 0 radical (unpaired) electrons. The van der Waals surface area contributed by atoms with Gasteiger partial charge in [0, 0.05) is 25.5 Å². The van der Waals surface area contributed by atoms with Gasteiger partial charge in [0.05, 0.1) is 5.69 Å². The highest BCUT2D eigenvalue weighted by molar-refractivity contribution is 7.80. The summed E-state index contributed by atoms with van der Waals surface area (Å²) in [7, 11) is 2.08. The molecule has 0 saturated heterocycles. The van der Waals surface area contributed by atoms with Gasteiger partial charge in [-0.25, -0.2) is 0 Å². The van der Waals surface area contributed by atoms with Gasteiger partial charge < -0.3 is 10.6 Å². The minimum Gasteiger partial charge on any atom is -0.388 e. The third-order valence-electron chi connectivity index (χ3n) is 3.26. The molecule has 0 aliphatic carbocycles. The fourth-order valence-corrected chi connectivity index (χ4v) is 2.41. The van der Waals surface area contributed by atoms with Crippen LogP contribution < -0.4 is 10.6 Å². The van der Waals surface area contributed by atoms with E-state index in [2.05, 4.69) is 49.0 Å². The van der Waals surface area contributed by atoms with Gasteiger partial charge >= 0.3 is 0 Å². The van der Waals surface area contributed by atoms with Crippen LogP contribution in [-0.2, 0) is 6.54 Å². The quantitative estimate of drug-likeness (QED) is 0.877. The van der Waals surface area contributed by atoms with Crippen molar-refractivity contribution < 1.29 is 0 Å². The van der Waals surface area contributed by atoms with Crippen molar-refractivity contribution in [1.82, 2.24) is 4.98 Å². The number of aromatic nitrogens is 1. The van der Waals surface area contributed by atoms with Crippen molar-refractivity contribution in [3.8, 4) is 0 Å². The van der Waals surface area contributed by atoms with Gasteiger partial charge in [-0.1, -0.05) is 29.9 Å². The fraction of sp³-hybridized carbons (Fsp3) is 0.250. The van der Waals surface area contributed by atoms with E-state index in [-0.39, 0.29) is 0 Å². The minimum absolute atomic E-state index is 0.334. The van der Waals surface area contributed by atoms with Crippen molar-refractivity contribution in [2.24, 2.45) is 5.73 Å². The molecule has 0 spiro atoms. The predicted octanol–water partition coefficient (Wildman–Crippen LogP) is 2.97. The third-order valence-corrected chi connectivity index (χ3v) is 3.47. The van der Waals surface area contributed by atoms with Crippen molar-refractivity contribution in [2.75, 3.05) is 11.9 Å². The van der Waals surface area contributed by atoms with Gasteiger partial charge in [0.15, 0.2) is 0 Å². The number of pyridine rings is 1. The molecule has 1 aromatic carbocycles. The number of nitrogens with zero attached hydrogens (tertiary/aromatic N) is 2. The molecule has 1 aromatic heterocycles. The molecule has 0 bridgehead atoms. The van der Waals surface area contributed by atoms with Crippen LogP contribution in [0.15, 0.2) is 36.5 Å². The van der Waals surface area contributed by atoms with Crippen LogP contribution in [-0.4, -0.2) is 17.0 Å². The first kappa shape index (κ1) is 14.5. The van der Waals surface area contributed by atoms with E-state index in [1.54, 1.807) is 6.20 Å². The lowest BCUT2D eigenvalue weighted by atomic mass is 10.1. The first-order valence-corrected chi connectivity index (χ1v) is 6.91. The number of hydrogen-bond donors (Lipinski definition) is 1. The monoisotopic (exact) mass is 285 g/mol. The molecule has 0 amide bonds. The molecular formula is C16H19N3S. The number of aryl methyl sites for hydroxylation is 2. The van der Waals surface area contributed by atoms with Crippen LogP contribution in [0.3, 0.4) is 0 Å². The molecule has 20 heavy (non-hydrogen) atoms. The van der Waals surface area contributed by atoms with Gasteiger partial charge in [-0.15, -0.1) is 0 Å². The zero-order valence-electron chi connectivity index (χ0n) is 12.1. The molecule has 0 aliphatic rings. The molecular weight excluding hydrogens is 266 g/mol. The molecule has 0 aliphatic heterocycles. The first-order valence-electron chi connectivity index (χ1n) is 6.50. The Kier molecular flexibility index (Phi) is 4.35. The van der Waals surface area contributed by atoms with Crippen LogP contribution in [0.2, 0.25) is 0 Å². The molecule has 104 valence electrons. The summed E-state index contributed by atoms with van der Waals surface area (Å²) in [5.41, 5.74) is 11.2. The number of rotatable bonds is 4. The highest BCUT2D eigenvalue weighted by atomic mass is 32.1. The van der Waals surface area contributed by atoms with Crippen LogP contribution >= 0.6 is 12.2 Å². The molecule has 0 saturated carbocycles. The second-order valence-corrected chi connectivity index (χ2v) is 5.50. The summed E-state index contributed by atoms with van der Waals surface area (Å²) in [6.45, 7) is 5.03. The Bertz CT molecular complexity index is 637. The Morgan fingerprint density at radius 3 is 2.65 bits per heavy atom. The fourth-order valence-electron chi connectivity index (χ4n) is 2.30. The zero-order valence-corrected chi connectivity index (χ0v) is 12.9. The third kappa shape index (κ3) is 3.33. The number of hydrogen-bond acceptors (Lipinski definition) is 3. The van der Waals surface area contributed by atoms with Crippen molar-refractivity contribution >= 4 is 22.9 Å². The van der Waals surface area contributed by atoms with Gasteiger partial charge in [-0.2, -0.15) is 0 Å². The van der Waals surface area contributed by atoms with Crippen molar-refractivity contribution in [3.63, 3.8) is 0 Å². The summed E-state index contributed by atoms with van der Waals surface area (Å²) < 4.78 is 0. The largest absolute Gasteiger partial charge is 0.388 e. The average Bonchev–Trinajstić information content (AvgIpc) is 2.38. The van der Waals surface area contributed by atoms with E-state index in [1.807, 2.05) is 12.1 Å². The van der Waals surface area contributed by atoms with Crippen LogP contribution in [0, 0.1) is 13.8 Å². The lowest BCUT2D eigenvalue weighted by molar-refractivity contribution is 0.912. The lowest BCUT2D eigenvalue weighted by Crippen LogP contribution is -2.18. The summed E-state index contributed by atoms with van der Waals surface area (Å²) in [6.07, 6.45) is 1.75. The molecule has 2 aromatic rings. The van der Waals surface area contributed by atoms with E-state index in [0.29, 0.717) is 10.7 Å². The Balaban J connectivity index is 2.21. The van der Waals surface area contributed by atoms with Gasteiger partial charge in [0.1, 0.15) is 4.99 Å². The second kappa shape index (κ2) is 6.01. The molecule has 0 unspecified atom stereocenters. The maximum Gasteiger partial charge on any atom is 0.122 e. The molecule has 0 atom stereocenters. The van der Waals surface area contributed by atoms with E-state index in [4.69, 9.17) is 18.0 Å². The van der Waals surface area contributed by atoms with E-state index >= 15 is 0 Å². The SMILES string of the molecule is Cc1ccc(N(C)Cc2ccnc(C(N)=S)c2)c(C)c1. The summed E-state index contributed by atoms with van der Waals surface area (Å²) in [5, 5.41) is 0. The number of thiocarbonyl (C=S) groups is 1. The highest BCUT2D eigenvalue weighted by Gasteiger charge is 2.07.